The van der Waals surface area contributed by atoms with Crippen molar-refractivity contribution in [1.82, 2.24) is 9.88 Å². The predicted octanol–water partition coefficient (Wildman–Crippen LogP) is 3.76. The van der Waals surface area contributed by atoms with Crippen LogP contribution >= 0.6 is 11.6 Å². The van der Waals surface area contributed by atoms with Crippen molar-refractivity contribution < 1.29 is 0 Å². The minimum atomic E-state index is 0.218. The van der Waals surface area contributed by atoms with E-state index in [4.69, 9.17) is 17.3 Å². The molecule has 1 aromatic heterocycles. The largest absolute Gasteiger partial charge is 0.329 e. The third-order valence-electron chi connectivity index (χ3n) is 4.58. The summed E-state index contributed by atoms with van der Waals surface area (Å²) in [5.41, 5.74) is 8.31. The SMILES string of the molecule is CC1CCCCN1C(CN)c1ccc(Cl)c2cccnc12. The van der Waals surface area contributed by atoms with Gasteiger partial charge in [-0.1, -0.05) is 24.1 Å². The highest BCUT2D eigenvalue weighted by Crippen LogP contribution is 2.33. The van der Waals surface area contributed by atoms with Gasteiger partial charge in [0.1, 0.15) is 0 Å². The van der Waals surface area contributed by atoms with Crippen LogP contribution in [0.3, 0.4) is 0 Å². The van der Waals surface area contributed by atoms with E-state index in [2.05, 4.69) is 22.9 Å². The van der Waals surface area contributed by atoms with Crippen molar-refractivity contribution in [3.63, 3.8) is 0 Å². The van der Waals surface area contributed by atoms with Gasteiger partial charge in [-0.2, -0.15) is 0 Å². The zero-order valence-corrected chi connectivity index (χ0v) is 13.2. The van der Waals surface area contributed by atoms with Gasteiger partial charge in [0, 0.05) is 35.2 Å². The van der Waals surface area contributed by atoms with E-state index in [0.29, 0.717) is 12.6 Å². The van der Waals surface area contributed by atoms with Crippen LogP contribution in [0.4, 0.5) is 0 Å². The number of piperidine rings is 1. The van der Waals surface area contributed by atoms with Crippen LogP contribution in [-0.4, -0.2) is 29.0 Å². The van der Waals surface area contributed by atoms with Crippen molar-refractivity contribution in [2.75, 3.05) is 13.1 Å². The van der Waals surface area contributed by atoms with E-state index in [1.165, 1.54) is 24.8 Å². The molecule has 3 nitrogen and oxygen atoms in total. The maximum atomic E-state index is 6.31. The van der Waals surface area contributed by atoms with E-state index >= 15 is 0 Å². The Morgan fingerprint density at radius 3 is 3.00 bits per heavy atom. The molecule has 1 fully saturated rings. The molecule has 1 aliphatic rings. The first-order chi connectivity index (χ1) is 10.2. The summed E-state index contributed by atoms with van der Waals surface area (Å²) in [6.45, 7) is 4.02. The number of halogens is 1. The molecule has 4 heteroatoms. The molecule has 0 amide bonds. The molecule has 0 spiro atoms. The van der Waals surface area contributed by atoms with Crippen LogP contribution in [0.1, 0.15) is 37.8 Å². The lowest BCUT2D eigenvalue weighted by atomic mass is 9.95. The average Bonchev–Trinajstić information content (AvgIpc) is 2.52. The standard InChI is InChI=1S/C17H22ClN3/c1-12-5-2-3-10-21(12)16(11-19)14-7-8-15(18)13-6-4-9-20-17(13)14/h4,6-9,12,16H,2-3,5,10-11,19H2,1H3. The van der Waals surface area contributed by atoms with E-state index in [0.717, 1.165) is 22.5 Å². The Labute approximate surface area is 131 Å². The van der Waals surface area contributed by atoms with Gasteiger partial charge < -0.3 is 5.73 Å². The Morgan fingerprint density at radius 1 is 1.38 bits per heavy atom. The van der Waals surface area contributed by atoms with Gasteiger partial charge in [0.15, 0.2) is 0 Å². The zero-order chi connectivity index (χ0) is 14.8. The zero-order valence-electron chi connectivity index (χ0n) is 12.4. The van der Waals surface area contributed by atoms with Crippen LogP contribution in [-0.2, 0) is 0 Å². The maximum Gasteiger partial charge on any atom is 0.0765 e. The van der Waals surface area contributed by atoms with E-state index in [-0.39, 0.29) is 6.04 Å². The molecule has 0 saturated carbocycles. The molecular weight excluding hydrogens is 282 g/mol. The summed E-state index contributed by atoms with van der Waals surface area (Å²) >= 11 is 6.31. The second-order valence-electron chi connectivity index (χ2n) is 5.87. The minimum Gasteiger partial charge on any atom is -0.329 e. The van der Waals surface area contributed by atoms with Gasteiger partial charge in [0.2, 0.25) is 0 Å². The highest BCUT2D eigenvalue weighted by atomic mass is 35.5. The lowest BCUT2D eigenvalue weighted by Gasteiger charge is -2.39. The Morgan fingerprint density at radius 2 is 2.24 bits per heavy atom. The number of hydrogen-bond donors (Lipinski definition) is 1. The van der Waals surface area contributed by atoms with Crippen LogP contribution < -0.4 is 5.73 Å². The lowest BCUT2D eigenvalue weighted by molar-refractivity contribution is 0.109. The molecule has 2 atom stereocenters. The van der Waals surface area contributed by atoms with Crippen molar-refractivity contribution in [2.24, 2.45) is 5.73 Å². The molecule has 1 saturated heterocycles. The molecule has 2 unspecified atom stereocenters. The summed E-state index contributed by atoms with van der Waals surface area (Å²) in [6.07, 6.45) is 5.64. The molecule has 3 rings (SSSR count). The third kappa shape index (κ3) is 2.78. The molecule has 1 aromatic carbocycles. The van der Waals surface area contributed by atoms with Gasteiger partial charge in [0.05, 0.1) is 5.52 Å². The summed E-state index contributed by atoms with van der Waals surface area (Å²) in [7, 11) is 0. The third-order valence-corrected chi connectivity index (χ3v) is 4.91. The smallest absolute Gasteiger partial charge is 0.0765 e. The number of rotatable bonds is 3. The van der Waals surface area contributed by atoms with Crippen LogP contribution in [0, 0.1) is 0 Å². The number of nitrogens with two attached hydrogens (primary N) is 1. The summed E-state index contributed by atoms with van der Waals surface area (Å²) in [4.78, 5) is 7.09. The topological polar surface area (TPSA) is 42.1 Å². The molecule has 1 aliphatic heterocycles. The molecule has 0 aliphatic carbocycles. The molecule has 112 valence electrons. The number of hydrogen-bond acceptors (Lipinski definition) is 3. The van der Waals surface area contributed by atoms with Crippen LogP contribution in [0.2, 0.25) is 5.02 Å². The van der Waals surface area contributed by atoms with Gasteiger partial charge in [-0.05, 0) is 50.1 Å². The summed E-state index contributed by atoms with van der Waals surface area (Å²) in [6, 6.07) is 8.81. The predicted molar refractivity (Wildman–Crippen MR) is 88.6 cm³/mol. The van der Waals surface area contributed by atoms with Crippen molar-refractivity contribution in [2.45, 2.75) is 38.3 Å². The monoisotopic (exact) mass is 303 g/mol. The van der Waals surface area contributed by atoms with Gasteiger partial charge in [-0.15, -0.1) is 0 Å². The quantitative estimate of drug-likeness (QED) is 0.938. The second kappa shape index (κ2) is 6.30. The Bertz CT molecular complexity index is 628. The normalized spacial score (nSPS) is 21.6. The number of nitrogens with zero attached hydrogens (tertiary/aromatic N) is 2. The number of likely N-dealkylation sites (tertiary alicyclic amines) is 1. The second-order valence-corrected chi connectivity index (χ2v) is 6.28. The Kier molecular flexibility index (Phi) is 4.43. The fraction of sp³-hybridized carbons (Fsp3) is 0.471. The molecule has 2 N–H and O–H groups in total. The van der Waals surface area contributed by atoms with Crippen molar-refractivity contribution in [3.05, 3.63) is 41.0 Å². The minimum absolute atomic E-state index is 0.218. The van der Waals surface area contributed by atoms with Crippen molar-refractivity contribution in [3.8, 4) is 0 Å². The molecule has 2 heterocycles. The first-order valence-electron chi connectivity index (χ1n) is 7.71. The number of pyridine rings is 1. The fourth-order valence-electron chi connectivity index (χ4n) is 3.45. The van der Waals surface area contributed by atoms with Crippen LogP contribution in [0.25, 0.3) is 10.9 Å². The first-order valence-corrected chi connectivity index (χ1v) is 8.09. The molecule has 2 aromatic rings. The van der Waals surface area contributed by atoms with Gasteiger partial charge in [-0.25, -0.2) is 0 Å². The van der Waals surface area contributed by atoms with E-state index in [1.807, 2.05) is 24.4 Å². The highest BCUT2D eigenvalue weighted by Gasteiger charge is 2.27. The molecule has 0 bridgehead atoms. The summed E-state index contributed by atoms with van der Waals surface area (Å²) < 4.78 is 0. The van der Waals surface area contributed by atoms with E-state index in [9.17, 15) is 0 Å². The molecular formula is C17H22ClN3. The Hall–Kier alpha value is -1.16. The average molecular weight is 304 g/mol. The number of fused-ring (bicyclic) bond motifs is 1. The van der Waals surface area contributed by atoms with Crippen molar-refractivity contribution in [1.29, 1.82) is 0 Å². The fourth-order valence-corrected chi connectivity index (χ4v) is 3.67. The van der Waals surface area contributed by atoms with Gasteiger partial charge in [-0.3, -0.25) is 9.88 Å². The van der Waals surface area contributed by atoms with Gasteiger partial charge in [0.25, 0.3) is 0 Å². The lowest BCUT2D eigenvalue weighted by Crippen LogP contribution is -2.43. The number of aromatic nitrogens is 1. The van der Waals surface area contributed by atoms with E-state index < -0.39 is 0 Å². The Balaban J connectivity index is 2.07. The van der Waals surface area contributed by atoms with Crippen molar-refractivity contribution >= 4 is 22.5 Å². The maximum absolute atomic E-state index is 6.31. The van der Waals surface area contributed by atoms with E-state index in [1.54, 1.807) is 0 Å². The van der Waals surface area contributed by atoms with Crippen LogP contribution in [0.5, 0.6) is 0 Å². The van der Waals surface area contributed by atoms with Gasteiger partial charge >= 0.3 is 0 Å². The number of benzene rings is 1. The molecule has 0 radical (unpaired) electrons. The summed E-state index contributed by atoms with van der Waals surface area (Å²) in [5.74, 6) is 0. The highest BCUT2D eigenvalue weighted by molar-refractivity contribution is 6.35. The molecule has 21 heavy (non-hydrogen) atoms. The first kappa shape index (κ1) is 14.8. The summed E-state index contributed by atoms with van der Waals surface area (Å²) in [5, 5.41) is 1.77. The van der Waals surface area contributed by atoms with Crippen LogP contribution in [0.15, 0.2) is 30.5 Å².